The highest BCUT2D eigenvalue weighted by atomic mass is 32.1. The zero-order chi connectivity index (χ0) is 10.9. The van der Waals surface area contributed by atoms with Crippen LogP contribution in [0.5, 0.6) is 0 Å². The Balaban J connectivity index is 3.09. The predicted octanol–water partition coefficient (Wildman–Crippen LogP) is 2.03. The van der Waals surface area contributed by atoms with Gasteiger partial charge in [-0.2, -0.15) is 25.8 Å². The Morgan fingerprint density at radius 1 is 1.50 bits per heavy atom. The normalized spacial score (nSPS) is 14.4. The number of aromatic nitrogens is 3. The van der Waals surface area contributed by atoms with Gasteiger partial charge in [0.1, 0.15) is 5.82 Å². The second kappa shape index (κ2) is 3.80. The van der Waals surface area contributed by atoms with Gasteiger partial charge in [0, 0.05) is 7.05 Å². The van der Waals surface area contributed by atoms with Gasteiger partial charge in [0.25, 0.3) is 0 Å². The van der Waals surface area contributed by atoms with Gasteiger partial charge in [0.15, 0.2) is 0 Å². The fourth-order valence-corrected chi connectivity index (χ4v) is 1.23. The van der Waals surface area contributed by atoms with E-state index in [1.807, 2.05) is 0 Å². The van der Waals surface area contributed by atoms with E-state index in [9.17, 15) is 13.2 Å². The van der Waals surface area contributed by atoms with Crippen molar-refractivity contribution in [3.05, 3.63) is 18.6 Å². The molecule has 1 aromatic heterocycles. The summed E-state index contributed by atoms with van der Waals surface area (Å²) in [6.07, 6.45) is -4.12. The molecule has 1 aromatic rings. The molecular weight excluding hydrogens is 215 g/mol. The van der Waals surface area contributed by atoms with Gasteiger partial charge in [-0.3, -0.25) is 0 Å². The van der Waals surface area contributed by atoms with Crippen molar-refractivity contribution in [3.8, 4) is 0 Å². The summed E-state index contributed by atoms with van der Waals surface area (Å²) in [5.41, 5.74) is 0. The molecule has 0 saturated heterocycles. The second-order valence-electron chi connectivity index (χ2n) is 2.74. The summed E-state index contributed by atoms with van der Waals surface area (Å²) < 4.78 is 37.7. The minimum absolute atomic E-state index is 0.177. The van der Waals surface area contributed by atoms with Crippen molar-refractivity contribution in [3.63, 3.8) is 0 Å². The smallest absolute Gasteiger partial charge is 0.310 e. The first kappa shape index (κ1) is 11.4. The van der Waals surface area contributed by atoms with Gasteiger partial charge < -0.3 is 4.57 Å². The third-order valence-electron chi connectivity index (χ3n) is 1.73. The van der Waals surface area contributed by atoms with E-state index < -0.39 is 17.3 Å². The van der Waals surface area contributed by atoms with Gasteiger partial charge in [0.2, 0.25) is 5.82 Å². The first-order valence-corrected chi connectivity index (χ1v) is 4.33. The Labute approximate surface area is 84.7 Å². The maximum Gasteiger partial charge on any atom is 0.451 e. The summed E-state index contributed by atoms with van der Waals surface area (Å²) >= 11 is 4.05. The van der Waals surface area contributed by atoms with Crippen molar-refractivity contribution in [2.75, 3.05) is 0 Å². The van der Waals surface area contributed by atoms with E-state index in [0.29, 0.717) is 6.42 Å². The van der Waals surface area contributed by atoms with Crippen LogP contribution in [0, 0.1) is 6.92 Å². The van der Waals surface area contributed by atoms with Crippen LogP contribution >= 0.6 is 12.6 Å². The average Bonchev–Trinajstić information content (AvgIpc) is 2.45. The second-order valence-corrected chi connectivity index (χ2v) is 3.37. The number of alkyl halides is 3. The molecule has 0 amide bonds. The first-order chi connectivity index (χ1) is 6.38. The van der Waals surface area contributed by atoms with Gasteiger partial charge in [0.05, 0.1) is 5.25 Å². The highest BCUT2D eigenvalue weighted by molar-refractivity contribution is 7.80. The van der Waals surface area contributed by atoms with Crippen LogP contribution in [0.4, 0.5) is 13.2 Å². The van der Waals surface area contributed by atoms with Crippen LogP contribution in [0.25, 0.3) is 0 Å². The molecule has 1 atom stereocenters. The molecule has 0 spiro atoms. The lowest BCUT2D eigenvalue weighted by molar-refractivity contribution is -0.147. The highest BCUT2D eigenvalue weighted by Gasteiger charge is 2.37. The van der Waals surface area contributed by atoms with Gasteiger partial charge in [-0.1, -0.05) is 6.92 Å². The van der Waals surface area contributed by atoms with E-state index in [0.717, 1.165) is 4.57 Å². The molecule has 3 nitrogen and oxygen atoms in total. The molecule has 7 heteroatoms. The van der Waals surface area contributed by atoms with E-state index in [4.69, 9.17) is 0 Å². The summed E-state index contributed by atoms with van der Waals surface area (Å²) in [7, 11) is 1.26. The Bertz CT molecular complexity index is 320. The third kappa shape index (κ3) is 2.02. The van der Waals surface area contributed by atoms with Crippen molar-refractivity contribution < 1.29 is 13.2 Å². The monoisotopic (exact) mass is 224 g/mol. The molecule has 0 aliphatic rings. The quantitative estimate of drug-likeness (QED) is 0.779. The summed E-state index contributed by atoms with van der Waals surface area (Å²) in [5, 5.41) is 6.07. The van der Waals surface area contributed by atoms with Crippen LogP contribution in [0.2, 0.25) is 0 Å². The molecule has 1 rings (SSSR count). The maximum atomic E-state index is 12.3. The molecule has 1 unspecified atom stereocenters. The number of thiol groups is 1. The Morgan fingerprint density at radius 3 is 2.43 bits per heavy atom. The lowest BCUT2D eigenvalue weighted by atomic mass is 10.3. The molecular formula is C7H9F3N3S. The molecule has 0 fully saturated rings. The number of halogens is 3. The number of nitrogens with zero attached hydrogens (tertiary/aromatic N) is 3. The fourth-order valence-electron chi connectivity index (χ4n) is 1.01. The first-order valence-electron chi connectivity index (χ1n) is 3.81. The maximum absolute atomic E-state index is 12.3. The van der Waals surface area contributed by atoms with Crippen molar-refractivity contribution in [1.82, 2.24) is 14.8 Å². The van der Waals surface area contributed by atoms with Gasteiger partial charge >= 0.3 is 6.18 Å². The van der Waals surface area contributed by atoms with Crippen LogP contribution in [0.1, 0.15) is 23.3 Å². The molecule has 0 bridgehead atoms. The van der Waals surface area contributed by atoms with Crippen LogP contribution in [0.3, 0.4) is 0 Å². The number of hydrogen-bond acceptors (Lipinski definition) is 3. The van der Waals surface area contributed by atoms with E-state index >= 15 is 0 Å². The van der Waals surface area contributed by atoms with Crippen LogP contribution in [-0.2, 0) is 13.2 Å². The van der Waals surface area contributed by atoms with Gasteiger partial charge in [-0.15, -0.1) is 10.2 Å². The molecule has 0 aromatic carbocycles. The molecule has 79 valence electrons. The van der Waals surface area contributed by atoms with E-state index in [1.165, 1.54) is 7.05 Å². The minimum atomic E-state index is -4.48. The Morgan fingerprint density at radius 2 is 2.07 bits per heavy atom. The SMILES string of the molecule is [CH2]CC(S)c1nnc(C(F)(F)F)n1C. The molecule has 0 aliphatic heterocycles. The molecule has 0 N–H and O–H groups in total. The molecule has 0 saturated carbocycles. The van der Waals surface area contributed by atoms with Crippen molar-refractivity contribution in [2.24, 2.45) is 7.05 Å². The van der Waals surface area contributed by atoms with Crippen molar-refractivity contribution in [2.45, 2.75) is 17.8 Å². The Hall–Kier alpha value is -0.720. The lowest BCUT2D eigenvalue weighted by Crippen LogP contribution is -2.14. The van der Waals surface area contributed by atoms with Crippen molar-refractivity contribution in [1.29, 1.82) is 0 Å². The highest BCUT2D eigenvalue weighted by Crippen LogP contribution is 2.30. The lowest BCUT2D eigenvalue weighted by Gasteiger charge is -2.09. The summed E-state index contributed by atoms with van der Waals surface area (Å²) in [6.45, 7) is 3.54. The Kier molecular flexibility index (Phi) is 3.08. The van der Waals surface area contributed by atoms with Crippen LogP contribution in [-0.4, -0.2) is 14.8 Å². The minimum Gasteiger partial charge on any atom is -0.310 e. The molecule has 0 aliphatic carbocycles. The number of rotatable bonds is 2. The standard InChI is InChI=1S/C7H9F3N3S/c1-3-4(14)5-11-12-6(13(5)2)7(8,9)10/h4,14H,1,3H2,2H3. The van der Waals surface area contributed by atoms with Crippen LogP contribution < -0.4 is 0 Å². The summed E-state index contributed by atoms with van der Waals surface area (Å²) in [6, 6.07) is 0. The zero-order valence-corrected chi connectivity index (χ0v) is 8.31. The van der Waals surface area contributed by atoms with E-state index in [1.54, 1.807) is 0 Å². The predicted molar refractivity (Wildman–Crippen MR) is 47.7 cm³/mol. The van der Waals surface area contributed by atoms with Gasteiger partial charge in [-0.25, -0.2) is 0 Å². The molecule has 1 radical (unpaired) electrons. The summed E-state index contributed by atoms with van der Waals surface area (Å²) in [4.78, 5) is 0. The van der Waals surface area contributed by atoms with E-state index in [-0.39, 0.29) is 5.82 Å². The third-order valence-corrected chi connectivity index (χ3v) is 2.22. The largest absolute Gasteiger partial charge is 0.451 e. The van der Waals surface area contributed by atoms with E-state index in [2.05, 4.69) is 29.7 Å². The molecule has 1 heterocycles. The summed E-state index contributed by atoms with van der Waals surface area (Å²) in [5.74, 6) is -0.837. The average molecular weight is 224 g/mol. The molecule has 14 heavy (non-hydrogen) atoms. The topological polar surface area (TPSA) is 30.7 Å². The fraction of sp³-hybridized carbons (Fsp3) is 0.571. The van der Waals surface area contributed by atoms with Crippen LogP contribution in [0.15, 0.2) is 0 Å². The van der Waals surface area contributed by atoms with Gasteiger partial charge in [-0.05, 0) is 6.42 Å². The van der Waals surface area contributed by atoms with Crippen molar-refractivity contribution >= 4 is 12.6 Å². The number of hydrogen-bond donors (Lipinski definition) is 1. The zero-order valence-electron chi connectivity index (χ0n) is 7.41.